The molecule has 0 radical (unpaired) electrons. The van der Waals surface area contributed by atoms with Gasteiger partial charge in [0.1, 0.15) is 0 Å². The molecule has 0 aromatic heterocycles. The standard InChI is InChI=1S/C14H21ClN2/c1-4-5-6-9-17(3)14-8-7-12(11(2)16)10-13(14)15/h4,7-8,10-11H,1,5-6,9,16H2,2-3H3/t11-/m1/s1. The van der Waals surface area contributed by atoms with Gasteiger partial charge in [-0.2, -0.15) is 0 Å². The second-order valence-corrected chi connectivity index (χ2v) is 4.76. The van der Waals surface area contributed by atoms with Crippen LogP contribution in [0, 0.1) is 0 Å². The Kier molecular flexibility index (Phi) is 5.52. The molecule has 0 aliphatic rings. The lowest BCUT2D eigenvalue weighted by atomic mass is 10.1. The maximum Gasteiger partial charge on any atom is 0.0642 e. The zero-order chi connectivity index (χ0) is 12.8. The summed E-state index contributed by atoms with van der Waals surface area (Å²) in [6.07, 6.45) is 4.06. The van der Waals surface area contributed by atoms with Gasteiger partial charge in [-0.15, -0.1) is 6.58 Å². The van der Waals surface area contributed by atoms with E-state index in [0.717, 1.165) is 35.7 Å². The van der Waals surface area contributed by atoms with E-state index in [1.54, 1.807) is 0 Å². The average Bonchev–Trinajstić information content (AvgIpc) is 2.28. The Morgan fingerprint density at radius 3 is 2.76 bits per heavy atom. The van der Waals surface area contributed by atoms with Crippen molar-refractivity contribution in [3.05, 3.63) is 41.4 Å². The molecule has 1 aromatic rings. The molecule has 1 atom stereocenters. The predicted molar refractivity (Wildman–Crippen MR) is 76.8 cm³/mol. The highest BCUT2D eigenvalue weighted by Crippen LogP contribution is 2.28. The fraction of sp³-hybridized carbons (Fsp3) is 0.429. The molecule has 2 N–H and O–H groups in total. The van der Waals surface area contributed by atoms with Crippen molar-refractivity contribution in [3.8, 4) is 0 Å². The first-order valence-electron chi connectivity index (χ1n) is 5.93. The second-order valence-electron chi connectivity index (χ2n) is 4.35. The van der Waals surface area contributed by atoms with E-state index in [9.17, 15) is 0 Å². The molecule has 0 saturated carbocycles. The third-order valence-corrected chi connectivity index (χ3v) is 3.11. The van der Waals surface area contributed by atoms with Crippen molar-refractivity contribution in [2.45, 2.75) is 25.8 Å². The molecule has 0 amide bonds. The van der Waals surface area contributed by atoms with Crippen molar-refractivity contribution in [2.75, 3.05) is 18.5 Å². The summed E-state index contributed by atoms with van der Waals surface area (Å²) in [5.41, 5.74) is 7.95. The maximum atomic E-state index is 6.26. The molecule has 0 aliphatic heterocycles. The van der Waals surface area contributed by atoms with Gasteiger partial charge in [0.25, 0.3) is 0 Å². The lowest BCUT2D eigenvalue weighted by Gasteiger charge is -2.21. The van der Waals surface area contributed by atoms with Gasteiger partial charge < -0.3 is 10.6 Å². The number of allylic oxidation sites excluding steroid dienone is 1. The van der Waals surface area contributed by atoms with Crippen LogP contribution in [-0.2, 0) is 0 Å². The molecule has 0 spiro atoms. The molecule has 0 heterocycles. The summed E-state index contributed by atoms with van der Waals surface area (Å²) < 4.78 is 0. The van der Waals surface area contributed by atoms with Gasteiger partial charge in [0.2, 0.25) is 0 Å². The minimum Gasteiger partial charge on any atom is -0.373 e. The molecule has 3 heteroatoms. The fourth-order valence-corrected chi connectivity index (χ4v) is 2.04. The molecule has 94 valence electrons. The van der Waals surface area contributed by atoms with Gasteiger partial charge in [-0.05, 0) is 37.5 Å². The van der Waals surface area contributed by atoms with E-state index in [4.69, 9.17) is 17.3 Å². The van der Waals surface area contributed by atoms with Gasteiger partial charge in [-0.3, -0.25) is 0 Å². The van der Waals surface area contributed by atoms with Crippen LogP contribution in [0.15, 0.2) is 30.9 Å². The quantitative estimate of drug-likeness (QED) is 0.617. The molecular weight excluding hydrogens is 232 g/mol. The van der Waals surface area contributed by atoms with Crippen molar-refractivity contribution >= 4 is 17.3 Å². The van der Waals surface area contributed by atoms with Crippen LogP contribution in [0.4, 0.5) is 5.69 Å². The molecule has 1 aromatic carbocycles. The smallest absolute Gasteiger partial charge is 0.0642 e. The first-order valence-corrected chi connectivity index (χ1v) is 6.31. The van der Waals surface area contributed by atoms with Crippen LogP contribution in [0.1, 0.15) is 31.4 Å². The highest BCUT2D eigenvalue weighted by atomic mass is 35.5. The average molecular weight is 253 g/mol. The summed E-state index contributed by atoms with van der Waals surface area (Å²) in [4.78, 5) is 2.16. The summed E-state index contributed by atoms with van der Waals surface area (Å²) in [6.45, 7) is 6.65. The van der Waals surface area contributed by atoms with Crippen molar-refractivity contribution in [2.24, 2.45) is 5.73 Å². The molecule has 1 rings (SSSR count). The summed E-state index contributed by atoms with van der Waals surface area (Å²) >= 11 is 6.26. The van der Waals surface area contributed by atoms with E-state index >= 15 is 0 Å². The molecule has 0 aliphatic carbocycles. The number of rotatable bonds is 6. The summed E-state index contributed by atoms with van der Waals surface area (Å²) in [6, 6.07) is 6.05. The normalized spacial score (nSPS) is 12.2. The molecule has 0 fully saturated rings. The van der Waals surface area contributed by atoms with Crippen LogP contribution >= 0.6 is 11.6 Å². The number of anilines is 1. The largest absolute Gasteiger partial charge is 0.373 e. The predicted octanol–water partition coefficient (Wildman–Crippen LogP) is 3.76. The van der Waals surface area contributed by atoms with Crippen LogP contribution in [0.3, 0.4) is 0 Å². The zero-order valence-corrected chi connectivity index (χ0v) is 11.4. The molecule has 2 nitrogen and oxygen atoms in total. The molecule has 17 heavy (non-hydrogen) atoms. The Morgan fingerprint density at radius 2 is 2.24 bits per heavy atom. The van der Waals surface area contributed by atoms with Gasteiger partial charge in [0.15, 0.2) is 0 Å². The number of hydrogen-bond acceptors (Lipinski definition) is 2. The highest BCUT2D eigenvalue weighted by molar-refractivity contribution is 6.33. The molecule has 0 unspecified atom stereocenters. The Labute approximate surface area is 109 Å². The van der Waals surface area contributed by atoms with Gasteiger partial charge in [0.05, 0.1) is 10.7 Å². The van der Waals surface area contributed by atoms with Crippen LogP contribution in [0.25, 0.3) is 0 Å². The second kappa shape index (κ2) is 6.67. The number of halogens is 1. The van der Waals surface area contributed by atoms with E-state index in [2.05, 4.69) is 18.5 Å². The Hall–Kier alpha value is -0.990. The van der Waals surface area contributed by atoms with Crippen molar-refractivity contribution in [1.82, 2.24) is 0 Å². The third kappa shape index (κ3) is 4.06. The number of benzene rings is 1. The monoisotopic (exact) mass is 252 g/mol. The van der Waals surface area contributed by atoms with E-state index in [1.165, 1.54) is 0 Å². The Bertz CT molecular complexity index is 374. The van der Waals surface area contributed by atoms with E-state index < -0.39 is 0 Å². The molecule has 0 saturated heterocycles. The van der Waals surface area contributed by atoms with Crippen LogP contribution in [0.5, 0.6) is 0 Å². The van der Waals surface area contributed by atoms with E-state index in [-0.39, 0.29) is 6.04 Å². The number of nitrogens with two attached hydrogens (primary N) is 1. The number of nitrogens with zero attached hydrogens (tertiary/aromatic N) is 1. The van der Waals surface area contributed by atoms with Gasteiger partial charge in [-0.25, -0.2) is 0 Å². The van der Waals surface area contributed by atoms with E-state index in [0.29, 0.717) is 0 Å². The number of hydrogen-bond donors (Lipinski definition) is 1. The summed E-state index contributed by atoms with van der Waals surface area (Å²) in [5, 5.41) is 0.765. The van der Waals surface area contributed by atoms with Gasteiger partial charge >= 0.3 is 0 Å². The Balaban J connectivity index is 2.73. The first kappa shape index (κ1) is 14.1. The number of unbranched alkanes of at least 4 members (excludes halogenated alkanes) is 1. The van der Waals surface area contributed by atoms with Crippen molar-refractivity contribution < 1.29 is 0 Å². The minimum absolute atomic E-state index is 0.0209. The van der Waals surface area contributed by atoms with Gasteiger partial charge in [0, 0.05) is 19.6 Å². The molecule has 0 bridgehead atoms. The summed E-state index contributed by atoms with van der Waals surface area (Å²) in [7, 11) is 2.05. The van der Waals surface area contributed by atoms with E-state index in [1.807, 2.05) is 31.2 Å². The Morgan fingerprint density at radius 1 is 1.53 bits per heavy atom. The highest BCUT2D eigenvalue weighted by Gasteiger charge is 2.08. The van der Waals surface area contributed by atoms with Crippen LogP contribution in [0.2, 0.25) is 5.02 Å². The molecular formula is C14H21ClN2. The van der Waals surface area contributed by atoms with Crippen molar-refractivity contribution in [3.63, 3.8) is 0 Å². The lowest BCUT2D eigenvalue weighted by molar-refractivity contribution is 0.797. The summed E-state index contributed by atoms with van der Waals surface area (Å²) in [5.74, 6) is 0. The zero-order valence-electron chi connectivity index (χ0n) is 10.6. The van der Waals surface area contributed by atoms with Crippen LogP contribution in [-0.4, -0.2) is 13.6 Å². The first-order chi connectivity index (χ1) is 8.06. The van der Waals surface area contributed by atoms with Crippen molar-refractivity contribution in [1.29, 1.82) is 0 Å². The topological polar surface area (TPSA) is 29.3 Å². The van der Waals surface area contributed by atoms with Gasteiger partial charge in [-0.1, -0.05) is 23.7 Å². The minimum atomic E-state index is 0.0209. The van der Waals surface area contributed by atoms with Crippen LogP contribution < -0.4 is 10.6 Å². The third-order valence-electron chi connectivity index (χ3n) is 2.81. The fourth-order valence-electron chi connectivity index (χ4n) is 1.71. The maximum absolute atomic E-state index is 6.26. The lowest BCUT2D eigenvalue weighted by Crippen LogP contribution is -2.19. The SMILES string of the molecule is C=CCCCN(C)c1ccc([C@@H](C)N)cc1Cl.